The summed E-state index contributed by atoms with van der Waals surface area (Å²) in [6.45, 7) is 0. The fraction of sp³-hybridized carbons (Fsp3) is 0.0952. The Bertz CT molecular complexity index is 1140. The van der Waals surface area contributed by atoms with Crippen molar-refractivity contribution in [3.8, 4) is 28.6 Å². The predicted molar refractivity (Wildman–Crippen MR) is 105 cm³/mol. The van der Waals surface area contributed by atoms with Crippen LogP contribution in [0.1, 0.15) is 11.1 Å². The van der Waals surface area contributed by atoms with E-state index in [1.54, 1.807) is 43.8 Å². The molecule has 0 aliphatic carbocycles. The first-order valence-corrected chi connectivity index (χ1v) is 8.79. The van der Waals surface area contributed by atoms with Gasteiger partial charge in [-0.3, -0.25) is 15.1 Å². The molecule has 0 bridgehead atoms. The van der Waals surface area contributed by atoms with Gasteiger partial charge in [-0.15, -0.1) is 0 Å². The van der Waals surface area contributed by atoms with E-state index in [2.05, 4.69) is 15.1 Å². The lowest BCUT2D eigenvalue weighted by Crippen LogP contribution is -1.94. The Hall–Kier alpha value is -4.07. The minimum Gasteiger partial charge on any atom is -0.496 e. The maximum atomic E-state index is 10.8. The second kappa shape index (κ2) is 7.89. The number of benzene rings is 2. The number of nitrogens with zero attached hydrogens (tertiary/aromatic N) is 4. The smallest absolute Gasteiger partial charge is 0.269 e. The molecular weight excluding hydrogens is 372 g/mol. The molecule has 0 radical (unpaired) electrons. The number of hydrogen-bond acceptors (Lipinski definition) is 7. The lowest BCUT2D eigenvalue weighted by molar-refractivity contribution is -0.384. The second-order valence-corrected chi connectivity index (χ2v) is 6.29. The molecule has 8 heteroatoms. The fourth-order valence-electron chi connectivity index (χ4n) is 2.96. The molecule has 0 N–H and O–H groups in total. The maximum absolute atomic E-state index is 10.8. The molecule has 0 fully saturated rings. The van der Waals surface area contributed by atoms with Gasteiger partial charge in [0.2, 0.25) is 5.82 Å². The Morgan fingerprint density at radius 3 is 2.45 bits per heavy atom. The summed E-state index contributed by atoms with van der Waals surface area (Å²) < 4.78 is 10.8. The Morgan fingerprint density at radius 2 is 1.76 bits per heavy atom. The molecule has 0 spiro atoms. The monoisotopic (exact) mass is 388 g/mol. The summed E-state index contributed by atoms with van der Waals surface area (Å²) in [4.78, 5) is 18.9. The van der Waals surface area contributed by atoms with Crippen LogP contribution < -0.4 is 4.74 Å². The number of hydrogen-bond donors (Lipinski definition) is 0. The van der Waals surface area contributed by atoms with E-state index in [0.29, 0.717) is 29.4 Å². The summed E-state index contributed by atoms with van der Waals surface area (Å²) in [5, 5.41) is 14.9. The van der Waals surface area contributed by atoms with E-state index in [4.69, 9.17) is 9.26 Å². The molecule has 8 nitrogen and oxygen atoms in total. The third kappa shape index (κ3) is 3.96. The molecule has 0 aliphatic rings. The Morgan fingerprint density at radius 1 is 1.03 bits per heavy atom. The summed E-state index contributed by atoms with van der Waals surface area (Å²) >= 11 is 0. The van der Waals surface area contributed by atoms with E-state index in [9.17, 15) is 10.1 Å². The highest BCUT2D eigenvalue weighted by atomic mass is 16.6. The topological polar surface area (TPSA) is 104 Å². The van der Waals surface area contributed by atoms with Crippen LogP contribution in [0.2, 0.25) is 0 Å². The van der Waals surface area contributed by atoms with Crippen LogP contribution in [0, 0.1) is 10.1 Å². The van der Waals surface area contributed by atoms with Crippen LogP contribution in [-0.4, -0.2) is 27.2 Å². The lowest BCUT2D eigenvalue weighted by atomic mass is 10.0. The first-order chi connectivity index (χ1) is 14.1. The van der Waals surface area contributed by atoms with Gasteiger partial charge in [0.1, 0.15) is 5.75 Å². The number of ether oxygens (including phenoxy) is 1. The van der Waals surface area contributed by atoms with E-state index in [1.807, 2.05) is 18.2 Å². The third-order valence-corrected chi connectivity index (χ3v) is 4.41. The highest BCUT2D eigenvalue weighted by Crippen LogP contribution is 2.31. The Kier molecular flexibility index (Phi) is 4.98. The van der Waals surface area contributed by atoms with Gasteiger partial charge < -0.3 is 9.26 Å². The number of aromatic nitrogens is 3. The van der Waals surface area contributed by atoms with Crippen molar-refractivity contribution in [1.29, 1.82) is 0 Å². The van der Waals surface area contributed by atoms with Gasteiger partial charge in [-0.2, -0.15) is 4.98 Å². The highest BCUT2D eigenvalue weighted by molar-refractivity contribution is 5.67. The zero-order valence-corrected chi connectivity index (χ0v) is 15.5. The molecule has 144 valence electrons. The van der Waals surface area contributed by atoms with Crippen LogP contribution in [-0.2, 0) is 6.42 Å². The summed E-state index contributed by atoms with van der Waals surface area (Å²) in [7, 11) is 1.58. The first-order valence-electron chi connectivity index (χ1n) is 8.79. The minimum absolute atomic E-state index is 0.0691. The fourth-order valence-corrected chi connectivity index (χ4v) is 2.96. The van der Waals surface area contributed by atoms with E-state index in [-0.39, 0.29) is 5.69 Å². The molecule has 2 aromatic heterocycles. The number of rotatable bonds is 6. The summed E-state index contributed by atoms with van der Waals surface area (Å²) in [5.41, 5.74) is 3.50. The number of nitro benzene ring substituents is 1. The average Bonchev–Trinajstić information content (AvgIpc) is 3.25. The van der Waals surface area contributed by atoms with Crippen molar-refractivity contribution in [2.45, 2.75) is 6.42 Å². The first kappa shape index (κ1) is 18.3. The minimum atomic E-state index is -0.411. The SMILES string of the molecule is COc1ccc(Cc2ccc([N+](=O)[O-])cc2)cc1-c1noc(-c2ccncc2)n1. The van der Waals surface area contributed by atoms with Gasteiger partial charge in [0.05, 0.1) is 17.6 Å². The van der Waals surface area contributed by atoms with Gasteiger partial charge in [-0.1, -0.05) is 23.4 Å². The van der Waals surface area contributed by atoms with Crippen LogP contribution in [0.4, 0.5) is 5.69 Å². The maximum Gasteiger partial charge on any atom is 0.269 e. The summed E-state index contributed by atoms with van der Waals surface area (Å²) in [5.74, 6) is 1.43. The van der Waals surface area contributed by atoms with Gasteiger partial charge in [0.15, 0.2) is 0 Å². The van der Waals surface area contributed by atoms with E-state index in [1.165, 1.54) is 12.1 Å². The molecule has 0 aliphatic heterocycles. The van der Waals surface area contributed by atoms with E-state index < -0.39 is 4.92 Å². The summed E-state index contributed by atoms with van der Waals surface area (Å²) in [6.07, 6.45) is 3.92. The van der Waals surface area contributed by atoms with Crippen LogP contribution >= 0.6 is 0 Å². The van der Waals surface area contributed by atoms with Gasteiger partial charge in [0, 0.05) is 30.1 Å². The molecule has 29 heavy (non-hydrogen) atoms. The van der Waals surface area contributed by atoms with Crippen LogP contribution in [0.3, 0.4) is 0 Å². The van der Waals surface area contributed by atoms with Crippen molar-refractivity contribution >= 4 is 5.69 Å². The summed E-state index contributed by atoms with van der Waals surface area (Å²) in [6, 6.07) is 15.8. The van der Waals surface area contributed by atoms with Crippen LogP contribution in [0.5, 0.6) is 5.75 Å². The van der Waals surface area contributed by atoms with Gasteiger partial charge in [0.25, 0.3) is 11.6 Å². The van der Waals surface area contributed by atoms with E-state index in [0.717, 1.165) is 16.7 Å². The number of pyridine rings is 1. The number of non-ortho nitro benzene ring substituents is 1. The molecule has 0 saturated heterocycles. The van der Waals surface area contributed by atoms with Crippen LogP contribution in [0.15, 0.2) is 71.5 Å². The molecule has 0 amide bonds. The molecule has 4 aromatic rings. The molecule has 4 rings (SSSR count). The van der Waals surface area contributed by atoms with Gasteiger partial charge in [-0.05, 0) is 41.8 Å². The quantitative estimate of drug-likeness (QED) is 0.358. The van der Waals surface area contributed by atoms with E-state index >= 15 is 0 Å². The normalized spacial score (nSPS) is 10.7. The predicted octanol–water partition coefficient (Wildman–Crippen LogP) is 4.31. The molecular formula is C21H16N4O4. The van der Waals surface area contributed by atoms with Crippen molar-refractivity contribution < 1.29 is 14.2 Å². The molecule has 2 aromatic carbocycles. The number of methoxy groups -OCH3 is 1. The largest absolute Gasteiger partial charge is 0.496 e. The van der Waals surface area contributed by atoms with Crippen molar-refractivity contribution in [1.82, 2.24) is 15.1 Å². The molecule has 0 atom stereocenters. The second-order valence-electron chi connectivity index (χ2n) is 6.29. The Labute approximate surface area is 166 Å². The number of nitro groups is 1. The van der Waals surface area contributed by atoms with Crippen molar-refractivity contribution in [3.05, 3.63) is 88.2 Å². The molecule has 2 heterocycles. The zero-order valence-electron chi connectivity index (χ0n) is 15.5. The van der Waals surface area contributed by atoms with Gasteiger partial charge in [-0.25, -0.2) is 0 Å². The van der Waals surface area contributed by atoms with Crippen molar-refractivity contribution in [2.75, 3.05) is 7.11 Å². The molecule has 0 unspecified atom stereocenters. The van der Waals surface area contributed by atoms with Crippen molar-refractivity contribution in [2.24, 2.45) is 0 Å². The highest BCUT2D eigenvalue weighted by Gasteiger charge is 2.15. The third-order valence-electron chi connectivity index (χ3n) is 4.41. The Balaban J connectivity index is 1.64. The zero-order chi connectivity index (χ0) is 20.2. The molecule has 0 saturated carbocycles. The van der Waals surface area contributed by atoms with Crippen molar-refractivity contribution in [3.63, 3.8) is 0 Å². The standard InChI is InChI=1S/C21H16N4O4/c1-28-19-7-4-15(12-14-2-5-17(6-3-14)25(26)27)13-18(19)20-23-21(29-24-20)16-8-10-22-11-9-16/h2-11,13H,12H2,1H3. The van der Waals surface area contributed by atoms with Gasteiger partial charge >= 0.3 is 0 Å². The van der Waals surface area contributed by atoms with Crippen LogP contribution in [0.25, 0.3) is 22.8 Å². The average molecular weight is 388 g/mol. The lowest BCUT2D eigenvalue weighted by Gasteiger charge is -2.08.